The number of Topliss-reactive ketones (excluding diaryl/α,β-unsaturated/α-hetero) is 1. The van der Waals surface area contributed by atoms with Crippen molar-refractivity contribution < 1.29 is 13.2 Å². The molecule has 0 spiro atoms. The number of aryl methyl sites for hydroxylation is 2. The first-order valence-corrected chi connectivity index (χ1v) is 7.44. The minimum absolute atomic E-state index is 0.220. The maximum atomic E-state index is 12.0. The van der Waals surface area contributed by atoms with E-state index in [0.717, 1.165) is 11.1 Å². The molecule has 0 N–H and O–H groups in total. The third-order valence-corrected chi connectivity index (χ3v) is 4.49. The second-order valence-electron chi connectivity index (χ2n) is 4.37. The molecule has 3 nitrogen and oxygen atoms in total. The van der Waals surface area contributed by atoms with Gasteiger partial charge in [-0.05, 0) is 43.5 Å². The zero-order chi connectivity index (χ0) is 13.8. The second kappa shape index (κ2) is 5.96. The van der Waals surface area contributed by atoms with Crippen LogP contribution in [0.25, 0.3) is 0 Å². The molecule has 0 saturated heterocycles. The van der Waals surface area contributed by atoms with Crippen molar-refractivity contribution in [2.75, 3.05) is 5.75 Å². The van der Waals surface area contributed by atoms with Gasteiger partial charge in [0.25, 0.3) is 0 Å². The number of sulfone groups is 1. The number of hydrogen-bond acceptors (Lipinski definition) is 3. The molecule has 1 rings (SSSR count). The molecule has 0 unspecified atom stereocenters. The molecule has 0 amide bonds. The van der Waals surface area contributed by atoms with Crippen LogP contribution in [0, 0.1) is 13.8 Å². The summed E-state index contributed by atoms with van der Waals surface area (Å²) in [6.45, 7) is 7.28. The number of carbonyl (C=O) groups excluding carboxylic acids is 1. The minimum Gasteiger partial charge on any atom is -0.299 e. The van der Waals surface area contributed by atoms with Gasteiger partial charge in [-0.3, -0.25) is 4.79 Å². The van der Waals surface area contributed by atoms with Crippen LogP contribution in [0.4, 0.5) is 0 Å². The summed E-state index contributed by atoms with van der Waals surface area (Å²) in [7, 11) is -3.51. The number of rotatable bonds is 6. The number of carbonyl (C=O) groups is 1. The van der Waals surface area contributed by atoms with Gasteiger partial charge < -0.3 is 0 Å². The number of allylic oxidation sites excluding steroid dienone is 1. The van der Waals surface area contributed by atoms with Gasteiger partial charge >= 0.3 is 0 Å². The van der Waals surface area contributed by atoms with Gasteiger partial charge in [-0.15, -0.1) is 6.58 Å². The summed E-state index contributed by atoms with van der Waals surface area (Å²) in [6, 6.07) is 4.93. The lowest BCUT2D eigenvalue weighted by atomic mass is 10.1. The molecule has 18 heavy (non-hydrogen) atoms. The fraction of sp³-hybridized carbons (Fsp3) is 0.357. The van der Waals surface area contributed by atoms with E-state index in [4.69, 9.17) is 0 Å². The van der Waals surface area contributed by atoms with Gasteiger partial charge in [-0.25, -0.2) is 8.42 Å². The zero-order valence-corrected chi connectivity index (χ0v) is 11.6. The minimum atomic E-state index is -3.51. The Morgan fingerprint density at radius 1 is 1.28 bits per heavy atom. The quantitative estimate of drug-likeness (QED) is 0.744. The molecule has 0 bridgehead atoms. The van der Waals surface area contributed by atoms with Crippen LogP contribution in [-0.4, -0.2) is 20.0 Å². The molecule has 0 fully saturated rings. The normalized spacial score (nSPS) is 11.2. The highest BCUT2D eigenvalue weighted by atomic mass is 32.2. The summed E-state index contributed by atoms with van der Waals surface area (Å²) in [5.74, 6) is -0.697. The van der Waals surface area contributed by atoms with Crippen molar-refractivity contribution in [3.63, 3.8) is 0 Å². The SMILES string of the molecule is C=CCCC(=O)CS(=O)(=O)c1ccc(C)c(C)c1. The van der Waals surface area contributed by atoms with E-state index in [0.29, 0.717) is 6.42 Å². The maximum Gasteiger partial charge on any atom is 0.185 e. The summed E-state index contributed by atoms with van der Waals surface area (Å²) in [6.07, 6.45) is 2.36. The highest BCUT2D eigenvalue weighted by Crippen LogP contribution is 2.16. The van der Waals surface area contributed by atoms with Crippen LogP contribution in [0.15, 0.2) is 35.7 Å². The van der Waals surface area contributed by atoms with Crippen LogP contribution >= 0.6 is 0 Å². The van der Waals surface area contributed by atoms with Crippen LogP contribution in [0.1, 0.15) is 24.0 Å². The van der Waals surface area contributed by atoms with E-state index < -0.39 is 15.6 Å². The predicted molar refractivity (Wildman–Crippen MR) is 72.4 cm³/mol. The molecule has 1 aromatic carbocycles. The molecule has 0 saturated carbocycles. The summed E-state index contributed by atoms with van der Waals surface area (Å²) < 4.78 is 24.0. The van der Waals surface area contributed by atoms with Crippen molar-refractivity contribution in [1.29, 1.82) is 0 Å². The van der Waals surface area contributed by atoms with Gasteiger partial charge in [0.15, 0.2) is 9.84 Å². The van der Waals surface area contributed by atoms with Crippen LogP contribution < -0.4 is 0 Å². The second-order valence-corrected chi connectivity index (χ2v) is 6.36. The number of hydrogen-bond donors (Lipinski definition) is 0. The molecule has 0 aliphatic carbocycles. The summed E-state index contributed by atoms with van der Waals surface area (Å²) in [4.78, 5) is 11.7. The van der Waals surface area contributed by atoms with E-state index in [2.05, 4.69) is 6.58 Å². The van der Waals surface area contributed by atoms with Gasteiger partial charge in [0.05, 0.1) is 4.90 Å². The first-order chi connectivity index (χ1) is 8.36. The summed E-state index contributed by atoms with van der Waals surface area (Å²) >= 11 is 0. The molecule has 98 valence electrons. The Kier molecular flexibility index (Phi) is 4.84. The molecular formula is C14H18O3S. The van der Waals surface area contributed by atoms with Crippen LogP contribution in [0.2, 0.25) is 0 Å². The molecular weight excluding hydrogens is 248 g/mol. The first kappa shape index (κ1) is 14.6. The highest BCUT2D eigenvalue weighted by molar-refractivity contribution is 7.92. The molecule has 0 radical (unpaired) electrons. The highest BCUT2D eigenvalue weighted by Gasteiger charge is 2.19. The summed E-state index contributed by atoms with van der Waals surface area (Å²) in [5, 5.41) is 0. The Hall–Kier alpha value is -1.42. The van der Waals surface area contributed by atoms with E-state index >= 15 is 0 Å². The van der Waals surface area contributed by atoms with Crippen molar-refractivity contribution >= 4 is 15.6 Å². The van der Waals surface area contributed by atoms with Crippen molar-refractivity contribution in [3.8, 4) is 0 Å². The standard InChI is InChI=1S/C14H18O3S/c1-4-5-6-13(15)10-18(16,17)14-8-7-11(2)12(3)9-14/h4,7-9H,1,5-6,10H2,2-3H3. The molecule has 0 heterocycles. The fourth-order valence-electron chi connectivity index (χ4n) is 1.54. The topological polar surface area (TPSA) is 51.2 Å². The zero-order valence-electron chi connectivity index (χ0n) is 10.8. The van der Waals surface area contributed by atoms with E-state index in [-0.39, 0.29) is 17.1 Å². The monoisotopic (exact) mass is 266 g/mol. The largest absolute Gasteiger partial charge is 0.299 e. The molecule has 0 aromatic heterocycles. The molecule has 0 atom stereocenters. The van der Waals surface area contributed by atoms with Crippen LogP contribution in [0.5, 0.6) is 0 Å². The van der Waals surface area contributed by atoms with E-state index in [1.165, 1.54) is 0 Å². The number of ketones is 1. The van der Waals surface area contributed by atoms with Crippen molar-refractivity contribution in [1.82, 2.24) is 0 Å². The smallest absolute Gasteiger partial charge is 0.185 e. The third kappa shape index (κ3) is 3.81. The Labute approximate surface area is 108 Å². The Bertz CT molecular complexity index is 556. The van der Waals surface area contributed by atoms with Crippen molar-refractivity contribution in [2.24, 2.45) is 0 Å². The first-order valence-electron chi connectivity index (χ1n) is 5.79. The van der Waals surface area contributed by atoms with Gasteiger partial charge in [0.2, 0.25) is 0 Å². The third-order valence-electron chi connectivity index (χ3n) is 2.82. The molecule has 0 aliphatic heterocycles. The van der Waals surface area contributed by atoms with Gasteiger partial charge in [-0.2, -0.15) is 0 Å². The molecule has 0 aliphatic rings. The van der Waals surface area contributed by atoms with Gasteiger partial charge in [0.1, 0.15) is 11.5 Å². The lowest BCUT2D eigenvalue weighted by Gasteiger charge is -2.06. The van der Waals surface area contributed by atoms with Crippen molar-refractivity contribution in [3.05, 3.63) is 42.0 Å². The van der Waals surface area contributed by atoms with Gasteiger partial charge in [0, 0.05) is 6.42 Å². The Morgan fingerprint density at radius 2 is 1.94 bits per heavy atom. The van der Waals surface area contributed by atoms with E-state index in [1.807, 2.05) is 13.8 Å². The van der Waals surface area contributed by atoms with E-state index in [1.54, 1.807) is 24.3 Å². The van der Waals surface area contributed by atoms with Gasteiger partial charge in [-0.1, -0.05) is 12.1 Å². The maximum absolute atomic E-state index is 12.0. The lowest BCUT2D eigenvalue weighted by Crippen LogP contribution is -2.16. The molecule has 4 heteroatoms. The Balaban J connectivity index is 2.89. The van der Waals surface area contributed by atoms with Crippen molar-refractivity contribution in [2.45, 2.75) is 31.6 Å². The average Bonchev–Trinajstić information content (AvgIpc) is 2.29. The Morgan fingerprint density at radius 3 is 2.50 bits per heavy atom. The summed E-state index contributed by atoms with van der Waals surface area (Å²) in [5.41, 5.74) is 1.95. The lowest BCUT2D eigenvalue weighted by molar-refractivity contribution is -0.116. The molecule has 1 aromatic rings. The average molecular weight is 266 g/mol. The fourth-order valence-corrected chi connectivity index (χ4v) is 2.90. The van der Waals surface area contributed by atoms with Crippen LogP contribution in [0.3, 0.4) is 0 Å². The predicted octanol–water partition coefficient (Wildman–Crippen LogP) is 2.61. The van der Waals surface area contributed by atoms with Crippen LogP contribution in [-0.2, 0) is 14.6 Å². The van der Waals surface area contributed by atoms with E-state index in [9.17, 15) is 13.2 Å². The number of benzene rings is 1.